The molecule has 1 aromatic heterocycles. The molecule has 0 atom stereocenters. The third-order valence-corrected chi connectivity index (χ3v) is 3.81. The monoisotopic (exact) mass is 282 g/mol. The summed E-state index contributed by atoms with van der Waals surface area (Å²) in [5.74, 6) is -0.0594. The first-order valence-electron chi connectivity index (χ1n) is 6.98. The fraction of sp³-hybridized carbons (Fsp3) is 0.250. The van der Waals surface area contributed by atoms with Gasteiger partial charge in [-0.25, -0.2) is 0 Å². The molecule has 2 N–H and O–H groups in total. The molecule has 1 aliphatic rings. The maximum Gasteiger partial charge on any atom is 0.274 e. The molecule has 0 aliphatic carbocycles. The summed E-state index contributed by atoms with van der Waals surface area (Å²) in [7, 11) is 1.73. The van der Waals surface area contributed by atoms with Crippen LogP contribution in [-0.2, 0) is 7.05 Å². The van der Waals surface area contributed by atoms with Crippen molar-refractivity contribution in [2.24, 2.45) is 7.05 Å². The van der Waals surface area contributed by atoms with Crippen LogP contribution >= 0.6 is 0 Å². The first kappa shape index (κ1) is 13.4. The Hall–Kier alpha value is -2.56. The molecule has 0 radical (unpaired) electrons. The van der Waals surface area contributed by atoms with Gasteiger partial charge in [-0.05, 0) is 17.6 Å². The molecule has 5 heteroatoms. The molecule has 5 nitrogen and oxygen atoms in total. The zero-order valence-corrected chi connectivity index (χ0v) is 12.0. The van der Waals surface area contributed by atoms with Crippen LogP contribution < -0.4 is 5.73 Å². The van der Waals surface area contributed by atoms with Crippen molar-refractivity contribution in [2.75, 3.05) is 18.8 Å². The van der Waals surface area contributed by atoms with Gasteiger partial charge in [-0.15, -0.1) is 0 Å². The molecule has 21 heavy (non-hydrogen) atoms. The zero-order chi connectivity index (χ0) is 14.8. The number of nitrogen functional groups attached to an aromatic ring is 1. The Kier molecular flexibility index (Phi) is 3.48. The summed E-state index contributed by atoms with van der Waals surface area (Å²) in [6.45, 7) is 1.30. The van der Waals surface area contributed by atoms with Crippen LogP contribution in [0.3, 0.4) is 0 Å². The number of carbonyl (C=O) groups excluding carboxylic acids is 1. The molecule has 1 aliphatic heterocycles. The van der Waals surface area contributed by atoms with Crippen LogP contribution in [0.15, 0.2) is 42.6 Å². The number of aryl methyl sites for hydroxylation is 1. The molecule has 1 amide bonds. The van der Waals surface area contributed by atoms with E-state index in [2.05, 4.69) is 23.3 Å². The molecule has 0 spiro atoms. The molecule has 0 bridgehead atoms. The number of rotatable bonds is 2. The molecule has 2 heterocycles. The molecule has 108 valence electrons. The Bertz CT molecular complexity index is 668. The van der Waals surface area contributed by atoms with Crippen LogP contribution in [0.1, 0.15) is 22.5 Å². The van der Waals surface area contributed by atoms with Crippen molar-refractivity contribution in [1.29, 1.82) is 0 Å². The number of carbonyl (C=O) groups is 1. The highest BCUT2D eigenvalue weighted by Crippen LogP contribution is 2.23. The summed E-state index contributed by atoms with van der Waals surface area (Å²) in [5.41, 5.74) is 9.23. The highest BCUT2D eigenvalue weighted by Gasteiger charge is 2.23. The summed E-state index contributed by atoms with van der Waals surface area (Å²) in [5, 5.41) is 4.02. The minimum absolute atomic E-state index is 0.0594. The lowest BCUT2D eigenvalue weighted by Gasteiger charge is -2.26. The zero-order valence-electron chi connectivity index (χ0n) is 12.0. The van der Waals surface area contributed by atoms with Crippen molar-refractivity contribution in [3.63, 3.8) is 0 Å². The van der Waals surface area contributed by atoms with E-state index in [1.54, 1.807) is 11.9 Å². The Morgan fingerprint density at radius 1 is 1.29 bits per heavy atom. The van der Waals surface area contributed by atoms with Gasteiger partial charge < -0.3 is 10.6 Å². The third-order valence-electron chi connectivity index (χ3n) is 3.81. The fourth-order valence-electron chi connectivity index (χ4n) is 2.63. The van der Waals surface area contributed by atoms with Gasteiger partial charge in [-0.1, -0.05) is 36.4 Å². The average Bonchev–Trinajstić information content (AvgIpc) is 2.87. The molecular weight excluding hydrogens is 264 g/mol. The van der Waals surface area contributed by atoms with Crippen LogP contribution in [0.25, 0.3) is 5.57 Å². The van der Waals surface area contributed by atoms with Crippen molar-refractivity contribution >= 4 is 17.2 Å². The van der Waals surface area contributed by atoms with Crippen LogP contribution in [-0.4, -0.2) is 33.7 Å². The van der Waals surface area contributed by atoms with Gasteiger partial charge in [0.05, 0.1) is 11.9 Å². The number of nitrogens with zero attached hydrogens (tertiary/aromatic N) is 3. The number of nitrogens with two attached hydrogens (primary N) is 1. The highest BCUT2D eigenvalue weighted by atomic mass is 16.2. The third kappa shape index (κ3) is 2.54. The largest absolute Gasteiger partial charge is 0.396 e. The van der Waals surface area contributed by atoms with Gasteiger partial charge in [0.1, 0.15) is 5.69 Å². The topological polar surface area (TPSA) is 64.2 Å². The van der Waals surface area contributed by atoms with E-state index < -0.39 is 0 Å². The SMILES string of the molecule is Cn1ncc(N)c1C(=O)N1CC=C(c2ccccc2)CC1. The molecule has 1 aromatic carbocycles. The average molecular weight is 282 g/mol. The molecule has 0 saturated heterocycles. The second kappa shape index (κ2) is 5.44. The van der Waals surface area contributed by atoms with E-state index in [0.29, 0.717) is 24.5 Å². The minimum atomic E-state index is -0.0594. The smallest absolute Gasteiger partial charge is 0.274 e. The lowest BCUT2D eigenvalue weighted by Crippen LogP contribution is -2.36. The van der Waals surface area contributed by atoms with Gasteiger partial charge in [-0.3, -0.25) is 9.48 Å². The van der Waals surface area contributed by atoms with Gasteiger partial charge in [0.2, 0.25) is 0 Å². The maximum absolute atomic E-state index is 12.5. The Balaban J connectivity index is 1.77. The summed E-state index contributed by atoms with van der Waals surface area (Å²) in [6, 6.07) is 10.3. The van der Waals surface area contributed by atoms with E-state index >= 15 is 0 Å². The summed E-state index contributed by atoms with van der Waals surface area (Å²) in [4.78, 5) is 14.3. The number of aromatic nitrogens is 2. The van der Waals surface area contributed by atoms with Gasteiger partial charge in [-0.2, -0.15) is 5.10 Å². The summed E-state index contributed by atoms with van der Waals surface area (Å²) in [6.07, 6.45) is 4.49. The summed E-state index contributed by atoms with van der Waals surface area (Å²) >= 11 is 0. The maximum atomic E-state index is 12.5. The standard InChI is InChI=1S/C16H18N4O/c1-19-15(14(17)11-18-19)16(21)20-9-7-13(8-10-20)12-5-3-2-4-6-12/h2-7,11H,8-10,17H2,1H3. The van der Waals surface area contributed by atoms with Crippen molar-refractivity contribution in [3.8, 4) is 0 Å². The number of benzene rings is 1. The van der Waals surface area contributed by atoms with Crippen LogP contribution in [0.4, 0.5) is 5.69 Å². The normalized spacial score (nSPS) is 14.9. The van der Waals surface area contributed by atoms with E-state index in [1.165, 1.54) is 22.0 Å². The molecule has 0 unspecified atom stereocenters. The highest BCUT2D eigenvalue weighted by molar-refractivity contribution is 5.97. The molecular formula is C16H18N4O. The van der Waals surface area contributed by atoms with Crippen molar-refractivity contribution in [3.05, 3.63) is 53.9 Å². The Labute approximate surface area is 123 Å². The van der Waals surface area contributed by atoms with Crippen molar-refractivity contribution in [2.45, 2.75) is 6.42 Å². The predicted octanol–water partition coefficient (Wildman–Crippen LogP) is 1.93. The van der Waals surface area contributed by atoms with E-state index in [1.807, 2.05) is 18.2 Å². The van der Waals surface area contributed by atoms with Gasteiger partial charge in [0.15, 0.2) is 0 Å². The minimum Gasteiger partial charge on any atom is -0.396 e. The number of amides is 1. The number of anilines is 1. The molecule has 3 rings (SSSR count). The van der Waals surface area contributed by atoms with E-state index in [9.17, 15) is 4.79 Å². The Morgan fingerprint density at radius 3 is 2.62 bits per heavy atom. The van der Waals surface area contributed by atoms with Crippen LogP contribution in [0.2, 0.25) is 0 Å². The second-order valence-electron chi connectivity index (χ2n) is 5.17. The Morgan fingerprint density at radius 2 is 2.05 bits per heavy atom. The van der Waals surface area contributed by atoms with Crippen molar-refractivity contribution in [1.82, 2.24) is 14.7 Å². The van der Waals surface area contributed by atoms with Crippen LogP contribution in [0, 0.1) is 0 Å². The van der Waals surface area contributed by atoms with Crippen molar-refractivity contribution < 1.29 is 4.79 Å². The number of hydrogen-bond donors (Lipinski definition) is 1. The molecule has 0 fully saturated rings. The van der Waals surface area contributed by atoms with Gasteiger partial charge in [0.25, 0.3) is 5.91 Å². The van der Waals surface area contributed by atoms with Crippen LogP contribution in [0.5, 0.6) is 0 Å². The second-order valence-corrected chi connectivity index (χ2v) is 5.17. The molecule has 2 aromatic rings. The predicted molar refractivity (Wildman–Crippen MR) is 82.6 cm³/mol. The summed E-state index contributed by atoms with van der Waals surface area (Å²) < 4.78 is 1.54. The van der Waals surface area contributed by atoms with E-state index in [4.69, 9.17) is 5.73 Å². The van der Waals surface area contributed by atoms with Gasteiger partial charge >= 0.3 is 0 Å². The fourth-order valence-corrected chi connectivity index (χ4v) is 2.63. The van der Waals surface area contributed by atoms with E-state index in [-0.39, 0.29) is 5.91 Å². The van der Waals surface area contributed by atoms with E-state index in [0.717, 1.165) is 6.42 Å². The van der Waals surface area contributed by atoms with Gasteiger partial charge in [0, 0.05) is 20.1 Å². The first-order valence-corrected chi connectivity index (χ1v) is 6.98. The lowest BCUT2D eigenvalue weighted by molar-refractivity contribution is 0.0763. The first-order chi connectivity index (χ1) is 10.2. The number of hydrogen-bond acceptors (Lipinski definition) is 3. The lowest BCUT2D eigenvalue weighted by atomic mass is 9.99. The quantitative estimate of drug-likeness (QED) is 0.915. The molecule has 0 saturated carbocycles.